The van der Waals surface area contributed by atoms with Crippen molar-refractivity contribution in [2.45, 2.75) is 13.5 Å². The molecule has 0 N–H and O–H groups in total. The molecule has 0 amide bonds. The van der Waals surface area contributed by atoms with E-state index >= 15 is 0 Å². The molecule has 0 atom stereocenters. The number of tetrazole rings is 1. The summed E-state index contributed by atoms with van der Waals surface area (Å²) in [7, 11) is 0. The zero-order valence-corrected chi connectivity index (χ0v) is 18.1. The fourth-order valence-electron chi connectivity index (χ4n) is 2.55. The minimum Gasteiger partial charge on any atom is -0.330 e. The van der Waals surface area contributed by atoms with E-state index in [2.05, 4.69) is 30.7 Å². The third kappa shape index (κ3) is 3.66. The Morgan fingerprint density at radius 3 is 2.64 bits per heavy atom. The summed E-state index contributed by atoms with van der Waals surface area (Å²) in [4.78, 5) is 4.46. The molecule has 0 aliphatic heterocycles. The SMILES string of the molecule is Cc1nn(Cc2c(Cl)cccc2Cl)c2cc(-c3nnn[n-]3)cnc12.[K+]. The Morgan fingerprint density at radius 2 is 1.96 bits per heavy atom. The van der Waals surface area contributed by atoms with E-state index in [0.717, 1.165) is 27.9 Å². The van der Waals surface area contributed by atoms with Gasteiger partial charge in [-0.25, -0.2) is 0 Å². The normalized spacial score (nSPS) is 10.8. The second kappa shape index (κ2) is 7.79. The van der Waals surface area contributed by atoms with Gasteiger partial charge in [-0.3, -0.25) is 20.0 Å². The molecule has 3 heterocycles. The predicted octanol–water partition coefficient (Wildman–Crippen LogP) is -0.0920. The quantitative estimate of drug-likeness (QED) is 0.449. The molecule has 0 bridgehead atoms. The molecule has 7 nitrogen and oxygen atoms in total. The van der Waals surface area contributed by atoms with Crippen molar-refractivity contribution in [2.24, 2.45) is 0 Å². The average Bonchev–Trinajstić information content (AvgIpc) is 3.20. The summed E-state index contributed by atoms with van der Waals surface area (Å²) >= 11 is 12.5. The molecule has 120 valence electrons. The van der Waals surface area contributed by atoms with E-state index in [0.29, 0.717) is 22.4 Å². The topological polar surface area (TPSA) is 83.5 Å². The minimum atomic E-state index is 0. The Hall–Kier alpha value is -0.874. The average molecular weight is 398 g/mol. The summed E-state index contributed by atoms with van der Waals surface area (Å²) in [6.07, 6.45) is 1.68. The summed E-state index contributed by atoms with van der Waals surface area (Å²) in [5.74, 6) is 0.422. The Morgan fingerprint density at radius 1 is 1.20 bits per heavy atom. The van der Waals surface area contributed by atoms with Gasteiger partial charge in [0, 0.05) is 33.2 Å². The molecular formula is C15H10Cl2KN7. The molecule has 0 saturated heterocycles. The van der Waals surface area contributed by atoms with Crippen molar-refractivity contribution >= 4 is 34.2 Å². The van der Waals surface area contributed by atoms with E-state index in [1.165, 1.54) is 0 Å². The summed E-state index contributed by atoms with van der Waals surface area (Å²) in [5.41, 5.74) is 3.99. The van der Waals surface area contributed by atoms with Gasteiger partial charge in [0.2, 0.25) is 0 Å². The molecule has 0 radical (unpaired) electrons. The van der Waals surface area contributed by atoms with Crippen molar-refractivity contribution in [1.82, 2.24) is 35.4 Å². The molecule has 4 aromatic rings. The van der Waals surface area contributed by atoms with Crippen LogP contribution >= 0.6 is 23.2 Å². The standard InChI is InChI=1S/C15H10Cl2N7.K/c1-8-14-13(5-9(6-18-14)15-19-22-23-20-15)24(21-8)7-10-11(16)3-2-4-12(10)17;/h2-6H,7H2,1H3;/q-1;+1. The Bertz CT molecular complexity index is 1010. The minimum absolute atomic E-state index is 0. The molecule has 25 heavy (non-hydrogen) atoms. The van der Waals surface area contributed by atoms with Crippen LogP contribution in [0.5, 0.6) is 0 Å². The maximum Gasteiger partial charge on any atom is 1.00 e. The van der Waals surface area contributed by atoms with Crippen LogP contribution in [-0.2, 0) is 6.54 Å². The van der Waals surface area contributed by atoms with E-state index in [1.54, 1.807) is 18.3 Å². The van der Waals surface area contributed by atoms with Gasteiger partial charge in [0.15, 0.2) is 0 Å². The number of rotatable bonds is 3. The van der Waals surface area contributed by atoms with Crippen LogP contribution in [0.25, 0.3) is 22.4 Å². The first-order valence-corrected chi connectivity index (χ1v) is 7.84. The molecule has 10 heteroatoms. The molecule has 0 aliphatic rings. The largest absolute Gasteiger partial charge is 1.00 e. The second-order valence-electron chi connectivity index (χ2n) is 5.24. The Balaban J connectivity index is 0.00000182. The number of halogens is 2. The number of aryl methyl sites for hydroxylation is 1. The number of aromatic nitrogens is 7. The maximum atomic E-state index is 6.27. The van der Waals surface area contributed by atoms with E-state index < -0.39 is 0 Å². The third-order valence-corrected chi connectivity index (χ3v) is 4.41. The van der Waals surface area contributed by atoms with Crippen molar-refractivity contribution in [3.05, 3.63) is 51.8 Å². The van der Waals surface area contributed by atoms with E-state index in [1.807, 2.05) is 23.7 Å². The van der Waals surface area contributed by atoms with Gasteiger partial charge in [-0.15, -0.1) is 0 Å². The van der Waals surface area contributed by atoms with Gasteiger partial charge in [0.05, 0.1) is 17.8 Å². The maximum absolute atomic E-state index is 6.27. The third-order valence-electron chi connectivity index (χ3n) is 3.71. The first-order chi connectivity index (χ1) is 11.6. The molecule has 0 saturated carbocycles. The first-order valence-electron chi connectivity index (χ1n) is 7.08. The van der Waals surface area contributed by atoms with Gasteiger partial charge in [0.25, 0.3) is 0 Å². The molecular weight excluding hydrogens is 388 g/mol. The van der Waals surface area contributed by atoms with Crippen LogP contribution in [0, 0.1) is 6.92 Å². The first kappa shape index (κ1) is 18.9. The fraction of sp³-hybridized carbons (Fsp3) is 0.133. The van der Waals surface area contributed by atoms with Crippen LogP contribution in [0.4, 0.5) is 0 Å². The number of hydrogen-bond donors (Lipinski definition) is 0. The molecule has 3 aromatic heterocycles. The monoisotopic (exact) mass is 397 g/mol. The molecule has 0 spiro atoms. The van der Waals surface area contributed by atoms with Crippen molar-refractivity contribution in [2.75, 3.05) is 0 Å². The number of hydrogen-bond acceptors (Lipinski definition) is 5. The van der Waals surface area contributed by atoms with Crippen molar-refractivity contribution in [1.29, 1.82) is 0 Å². The van der Waals surface area contributed by atoms with Crippen LogP contribution in [0.3, 0.4) is 0 Å². The summed E-state index contributed by atoms with van der Waals surface area (Å²) in [5, 5.41) is 20.5. The van der Waals surface area contributed by atoms with Gasteiger partial charge in [-0.1, -0.05) is 29.3 Å². The number of benzene rings is 1. The van der Waals surface area contributed by atoms with Gasteiger partial charge >= 0.3 is 51.4 Å². The van der Waals surface area contributed by atoms with Crippen LogP contribution in [0.1, 0.15) is 11.3 Å². The Labute approximate surface area is 195 Å². The Kier molecular flexibility index (Phi) is 5.89. The van der Waals surface area contributed by atoms with Gasteiger partial charge in [0.1, 0.15) is 5.52 Å². The second-order valence-corrected chi connectivity index (χ2v) is 6.05. The van der Waals surface area contributed by atoms with Crippen LogP contribution in [0.2, 0.25) is 10.0 Å². The van der Waals surface area contributed by atoms with E-state index in [-0.39, 0.29) is 51.4 Å². The smallest absolute Gasteiger partial charge is 0.330 e. The van der Waals surface area contributed by atoms with E-state index in [4.69, 9.17) is 23.2 Å². The molecule has 0 unspecified atom stereocenters. The molecule has 0 fully saturated rings. The zero-order chi connectivity index (χ0) is 16.7. The summed E-state index contributed by atoms with van der Waals surface area (Å²) in [6, 6.07) is 7.33. The van der Waals surface area contributed by atoms with Crippen LogP contribution in [-0.4, -0.2) is 30.3 Å². The number of pyridine rings is 1. The van der Waals surface area contributed by atoms with E-state index in [9.17, 15) is 0 Å². The van der Waals surface area contributed by atoms with Crippen molar-refractivity contribution < 1.29 is 51.4 Å². The number of fused-ring (bicyclic) bond motifs is 1. The van der Waals surface area contributed by atoms with Crippen LogP contribution < -0.4 is 56.5 Å². The molecule has 0 aliphatic carbocycles. The van der Waals surface area contributed by atoms with Crippen molar-refractivity contribution in [3.8, 4) is 11.4 Å². The fourth-order valence-corrected chi connectivity index (χ4v) is 3.06. The predicted molar refractivity (Wildman–Crippen MR) is 90.0 cm³/mol. The van der Waals surface area contributed by atoms with Gasteiger partial charge in [-0.05, 0) is 25.1 Å². The number of nitrogens with zero attached hydrogens (tertiary/aromatic N) is 7. The van der Waals surface area contributed by atoms with Gasteiger partial charge in [-0.2, -0.15) is 10.3 Å². The summed E-state index contributed by atoms with van der Waals surface area (Å²) < 4.78 is 1.82. The van der Waals surface area contributed by atoms with Crippen molar-refractivity contribution in [3.63, 3.8) is 0 Å². The summed E-state index contributed by atoms with van der Waals surface area (Å²) in [6.45, 7) is 2.34. The van der Waals surface area contributed by atoms with Crippen LogP contribution in [0.15, 0.2) is 30.5 Å². The zero-order valence-electron chi connectivity index (χ0n) is 13.5. The molecule has 1 aromatic carbocycles. The molecule has 4 rings (SSSR count). The van der Waals surface area contributed by atoms with Gasteiger partial charge < -0.3 is 5.10 Å².